The molecule has 1 rings (SSSR count). The van der Waals surface area contributed by atoms with Gasteiger partial charge in [0.25, 0.3) is 0 Å². The molecule has 0 saturated carbocycles. The van der Waals surface area contributed by atoms with Gasteiger partial charge in [-0.15, -0.1) is 0 Å². The molecular formula is C17H30N2O. The number of unbranched alkanes of at least 4 members (excludes halogenated alkanes) is 1. The monoisotopic (exact) mass is 278 g/mol. The minimum absolute atomic E-state index is 0.824. The lowest BCUT2D eigenvalue weighted by atomic mass is 10.2. The van der Waals surface area contributed by atoms with Gasteiger partial charge in [0.2, 0.25) is 0 Å². The number of ether oxygens (including phenoxy) is 1. The van der Waals surface area contributed by atoms with Crippen molar-refractivity contribution in [3.05, 3.63) is 35.9 Å². The molecule has 0 amide bonds. The highest BCUT2D eigenvalue weighted by molar-refractivity contribution is 5.14. The van der Waals surface area contributed by atoms with E-state index in [1.807, 2.05) is 0 Å². The second kappa shape index (κ2) is 11.9. The van der Waals surface area contributed by atoms with Crippen molar-refractivity contribution < 1.29 is 4.74 Å². The molecule has 1 aromatic rings. The van der Waals surface area contributed by atoms with Crippen LogP contribution in [0.5, 0.6) is 0 Å². The van der Waals surface area contributed by atoms with E-state index in [4.69, 9.17) is 4.74 Å². The van der Waals surface area contributed by atoms with E-state index in [2.05, 4.69) is 54.4 Å². The smallest absolute Gasteiger partial charge is 0.0590 e. The van der Waals surface area contributed by atoms with E-state index in [0.29, 0.717) is 0 Å². The summed E-state index contributed by atoms with van der Waals surface area (Å²) in [6, 6.07) is 10.7. The van der Waals surface area contributed by atoms with E-state index < -0.39 is 0 Å². The van der Waals surface area contributed by atoms with Crippen LogP contribution in [-0.2, 0) is 11.3 Å². The summed E-state index contributed by atoms with van der Waals surface area (Å²) >= 11 is 0. The fraction of sp³-hybridized carbons (Fsp3) is 0.647. The summed E-state index contributed by atoms with van der Waals surface area (Å²) in [5, 5.41) is 3.45. The van der Waals surface area contributed by atoms with Gasteiger partial charge in [-0.1, -0.05) is 50.6 Å². The van der Waals surface area contributed by atoms with Crippen LogP contribution < -0.4 is 5.32 Å². The maximum atomic E-state index is 5.53. The van der Waals surface area contributed by atoms with Crippen LogP contribution in [0.4, 0.5) is 0 Å². The quantitative estimate of drug-likeness (QED) is 0.595. The summed E-state index contributed by atoms with van der Waals surface area (Å²) in [7, 11) is 0. The number of nitrogens with one attached hydrogen (secondary N) is 1. The Morgan fingerprint density at radius 1 is 1.05 bits per heavy atom. The summed E-state index contributed by atoms with van der Waals surface area (Å²) in [5.74, 6) is 0. The molecule has 3 nitrogen and oxygen atoms in total. The van der Waals surface area contributed by atoms with Crippen LogP contribution in [0.1, 0.15) is 32.3 Å². The first-order valence-electron chi connectivity index (χ1n) is 7.91. The average molecular weight is 278 g/mol. The van der Waals surface area contributed by atoms with E-state index in [-0.39, 0.29) is 0 Å². The third-order valence-electron chi connectivity index (χ3n) is 3.37. The Hall–Kier alpha value is -0.900. The van der Waals surface area contributed by atoms with Crippen LogP contribution in [0, 0.1) is 0 Å². The lowest BCUT2D eigenvalue weighted by Crippen LogP contribution is -2.33. The molecule has 3 heteroatoms. The Bertz CT molecular complexity index is 316. The average Bonchev–Trinajstić information content (AvgIpc) is 2.49. The first-order chi connectivity index (χ1) is 9.86. The maximum absolute atomic E-state index is 5.53. The first-order valence-corrected chi connectivity index (χ1v) is 7.91. The zero-order valence-electron chi connectivity index (χ0n) is 13.1. The number of hydrogen-bond donors (Lipinski definition) is 1. The van der Waals surface area contributed by atoms with Crippen LogP contribution in [0.2, 0.25) is 0 Å². The first kappa shape index (κ1) is 17.2. The van der Waals surface area contributed by atoms with Crippen molar-refractivity contribution in [1.82, 2.24) is 10.2 Å². The van der Waals surface area contributed by atoms with Gasteiger partial charge in [-0.05, 0) is 18.5 Å². The molecule has 0 saturated heterocycles. The highest BCUT2D eigenvalue weighted by Gasteiger charge is 2.02. The van der Waals surface area contributed by atoms with Crippen molar-refractivity contribution in [2.24, 2.45) is 0 Å². The Labute approximate surface area is 124 Å². The fourth-order valence-electron chi connectivity index (χ4n) is 2.05. The molecule has 114 valence electrons. The van der Waals surface area contributed by atoms with Crippen LogP contribution in [0.25, 0.3) is 0 Å². The van der Waals surface area contributed by atoms with Gasteiger partial charge in [0.1, 0.15) is 0 Å². The number of nitrogens with zero attached hydrogens (tertiary/aromatic N) is 1. The number of hydrogen-bond acceptors (Lipinski definition) is 3. The highest BCUT2D eigenvalue weighted by Crippen LogP contribution is 2.03. The molecule has 0 aromatic heterocycles. The molecule has 0 atom stereocenters. The minimum atomic E-state index is 0.824. The summed E-state index contributed by atoms with van der Waals surface area (Å²) in [6.45, 7) is 11.3. The summed E-state index contributed by atoms with van der Waals surface area (Å²) in [6.07, 6.45) is 2.37. The van der Waals surface area contributed by atoms with Crippen molar-refractivity contribution in [3.63, 3.8) is 0 Å². The van der Waals surface area contributed by atoms with Gasteiger partial charge in [0.05, 0.1) is 6.61 Å². The highest BCUT2D eigenvalue weighted by atomic mass is 16.5. The zero-order chi connectivity index (χ0) is 14.5. The SMILES string of the molecule is CCCCOCCNCCN(CC)Cc1ccccc1. The van der Waals surface area contributed by atoms with Crippen LogP contribution in [0.15, 0.2) is 30.3 Å². The van der Waals surface area contributed by atoms with Crippen molar-refractivity contribution in [1.29, 1.82) is 0 Å². The lowest BCUT2D eigenvalue weighted by molar-refractivity contribution is 0.132. The molecule has 0 bridgehead atoms. The molecule has 0 aliphatic heterocycles. The van der Waals surface area contributed by atoms with Gasteiger partial charge in [0.15, 0.2) is 0 Å². The molecule has 20 heavy (non-hydrogen) atoms. The number of benzene rings is 1. The van der Waals surface area contributed by atoms with Crippen molar-refractivity contribution in [3.8, 4) is 0 Å². The second-order valence-corrected chi connectivity index (χ2v) is 5.07. The van der Waals surface area contributed by atoms with Gasteiger partial charge < -0.3 is 10.1 Å². The molecule has 0 heterocycles. The molecule has 1 aromatic carbocycles. The molecular weight excluding hydrogens is 248 g/mol. The van der Waals surface area contributed by atoms with Crippen LogP contribution >= 0.6 is 0 Å². The molecule has 1 N–H and O–H groups in total. The number of rotatable bonds is 12. The Kier molecular flexibility index (Phi) is 10.2. The predicted molar refractivity (Wildman–Crippen MR) is 86.0 cm³/mol. The van der Waals surface area contributed by atoms with Crippen molar-refractivity contribution in [2.75, 3.05) is 39.4 Å². The predicted octanol–water partition coefficient (Wildman–Crippen LogP) is 2.91. The van der Waals surface area contributed by atoms with Gasteiger partial charge >= 0.3 is 0 Å². The van der Waals surface area contributed by atoms with Crippen LogP contribution in [-0.4, -0.2) is 44.3 Å². The molecule has 0 aliphatic carbocycles. The number of likely N-dealkylation sites (N-methyl/N-ethyl adjacent to an activating group) is 1. The topological polar surface area (TPSA) is 24.5 Å². The molecule has 0 unspecified atom stereocenters. The van der Waals surface area contributed by atoms with E-state index >= 15 is 0 Å². The largest absolute Gasteiger partial charge is 0.380 e. The van der Waals surface area contributed by atoms with E-state index in [1.54, 1.807) is 0 Å². The normalized spacial score (nSPS) is 11.2. The zero-order valence-corrected chi connectivity index (χ0v) is 13.1. The summed E-state index contributed by atoms with van der Waals surface area (Å²) in [5.41, 5.74) is 1.39. The third kappa shape index (κ3) is 8.31. The molecule has 0 fully saturated rings. The van der Waals surface area contributed by atoms with Gasteiger partial charge in [-0.3, -0.25) is 4.90 Å². The summed E-state index contributed by atoms with van der Waals surface area (Å²) in [4.78, 5) is 2.46. The van der Waals surface area contributed by atoms with Crippen molar-refractivity contribution >= 4 is 0 Å². The Morgan fingerprint density at radius 3 is 2.55 bits per heavy atom. The Morgan fingerprint density at radius 2 is 1.85 bits per heavy atom. The van der Waals surface area contributed by atoms with E-state index in [9.17, 15) is 0 Å². The molecule has 0 aliphatic rings. The second-order valence-electron chi connectivity index (χ2n) is 5.07. The Balaban J connectivity index is 2.04. The summed E-state index contributed by atoms with van der Waals surface area (Å²) < 4.78 is 5.53. The molecule has 0 radical (unpaired) electrons. The third-order valence-corrected chi connectivity index (χ3v) is 3.37. The van der Waals surface area contributed by atoms with Gasteiger partial charge in [-0.2, -0.15) is 0 Å². The fourth-order valence-corrected chi connectivity index (χ4v) is 2.05. The molecule has 0 spiro atoms. The van der Waals surface area contributed by atoms with Gasteiger partial charge in [0, 0.05) is 32.8 Å². The van der Waals surface area contributed by atoms with E-state index in [1.165, 1.54) is 18.4 Å². The van der Waals surface area contributed by atoms with Crippen LogP contribution in [0.3, 0.4) is 0 Å². The maximum Gasteiger partial charge on any atom is 0.0590 e. The minimum Gasteiger partial charge on any atom is -0.380 e. The lowest BCUT2D eigenvalue weighted by Gasteiger charge is -2.20. The van der Waals surface area contributed by atoms with E-state index in [0.717, 1.165) is 45.9 Å². The van der Waals surface area contributed by atoms with Gasteiger partial charge in [-0.25, -0.2) is 0 Å². The standard InChI is InChI=1S/C17H30N2O/c1-3-5-14-20-15-12-18-11-13-19(4-2)16-17-9-7-6-8-10-17/h6-10,18H,3-5,11-16H2,1-2H3. The van der Waals surface area contributed by atoms with Crippen molar-refractivity contribution in [2.45, 2.75) is 33.2 Å².